The highest BCUT2D eigenvalue weighted by molar-refractivity contribution is 5.93. The summed E-state index contributed by atoms with van der Waals surface area (Å²) in [6, 6.07) is 11.3. The van der Waals surface area contributed by atoms with Crippen molar-refractivity contribution in [3.05, 3.63) is 64.7 Å². The molecule has 0 unspecified atom stereocenters. The largest absolute Gasteiger partial charge is 0.476 e. The van der Waals surface area contributed by atoms with Crippen LogP contribution >= 0.6 is 0 Å². The van der Waals surface area contributed by atoms with Crippen LogP contribution in [0.1, 0.15) is 44.8 Å². The topological polar surface area (TPSA) is 88.6 Å². The molecule has 3 heterocycles. The Labute approximate surface area is 162 Å². The molecule has 0 fully saturated rings. The van der Waals surface area contributed by atoms with Crippen LogP contribution in [0.4, 0.5) is 0 Å². The van der Waals surface area contributed by atoms with Gasteiger partial charge in [-0.2, -0.15) is 5.10 Å². The second kappa shape index (κ2) is 6.99. The van der Waals surface area contributed by atoms with Gasteiger partial charge >= 0.3 is 5.97 Å². The van der Waals surface area contributed by atoms with E-state index in [0.717, 1.165) is 16.8 Å². The minimum Gasteiger partial charge on any atom is -0.476 e. The molecule has 0 aliphatic carbocycles. The number of aromatic carboxylic acids is 1. The fraction of sp³-hybridized carbons (Fsp3) is 0.286. The van der Waals surface area contributed by atoms with E-state index in [-0.39, 0.29) is 23.9 Å². The van der Waals surface area contributed by atoms with E-state index in [1.165, 1.54) is 0 Å². The van der Waals surface area contributed by atoms with Gasteiger partial charge in [-0.05, 0) is 26.0 Å². The molecule has 0 atom stereocenters. The number of amides is 1. The Morgan fingerprint density at radius 2 is 1.93 bits per heavy atom. The van der Waals surface area contributed by atoms with Crippen molar-refractivity contribution in [3.63, 3.8) is 0 Å². The molecule has 1 aliphatic heterocycles. The molecule has 1 aliphatic rings. The summed E-state index contributed by atoms with van der Waals surface area (Å²) in [7, 11) is 0. The van der Waals surface area contributed by atoms with Crippen LogP contribution in [0.15, 0.2) is 40.8 Å². The number of furan rings is 1. The van der Waals surface area contributed by atoms with Crippen molar-refractivity contribution < 1.29 is 19.1 Å². The van der Waals surface area contributed by atoms with E-state index >= 15 is 0 Å². The van der Waals surface area contributed by atoms with E-state index in [9.17, 15) is 14.7 Å². The van der Waals surface area contributed by atoms with Crippen LogP contribution < -0.4 is 0 Å². The highest BCUT2D eigenvalue weighted by Crippen LogP contribution is 2.27. The number of hydrogen-bond donors (Lipinski definition) is 1. The van der Waals surface area contributed by atoms with E-state index in [2.05, 4.69) is 5.10 Å². The Morgan fingerprint density at radius 3 is 2.61 bits per heavy atom. The van der Waals surface area contributed by atoms with Crippen LogP contribution in [0.5, 0.6) is 0 Å². The first-order chi connectivity index (χ1) is 13.5. The summed E-state index contributed by atoms with van der Waals surface area (Å²) >= 11 is 0. The molecule has 1 aromatic carbocycles. The number of carbonyl (C=O) groups excluding carboxylic acids is 1. The number of aromatic nitrogens is 2. The van der Waals surface area contributed by atoms with Gasteiger partial charge in [-0.15, -0.1) is 0 Å². The Kier molecular flexibility index (Phi) is 4.50. The van der Waals surface area contributed by atoms with Crippen molar-refractivity contribution in [3.8, 4) is 11.3 Å². The minimum atomic E-state index is -1.07. The zero-order valence-electron chi connectivity index (χ0n) is 15.8. The van der Waals surface area contributed by atoms with E-state index in [1.807, 2.05) is 38.1 Å². The summed E-state index contributed by atoms with van der Waals surface area (Å²) in [4.78, 5) is 26.1. The van der Waals surface area contributed by atoms with Crippen LogP contribution in [0.3, 0.4) is 0 Å². The first-order valence-electron chi connectivity index (χ1n) is 9.26. The molecule has 0 saturated carbocycles. The molecule has 4 rings (SSSR count). The van der Waals surface area contributed by atoms with Gasteiger partial charge in [0.25, 0.3) is 5.91 Å². The SMILES string of the molecule is CCn1nc(C(=O)O)c2c1CCN(C(=O)c1ccc(-c3ccc(C)cc3)o1)C2. The lowest BCUT2D eigenvalue weighted by Crippen LogP contribution is -2.36. The van der Waals surface area contributed by atoms with E-state index in [4.69, 9.17) is 4.42 Å². The molecule has 0 saturated heterocycles. The lowest BCUT2D eigenvalue weighted by Gasteiger charge is -2.26. The molecule has 3 aromatic rings. The van der Waals surface area contributed by atoms with Gasteiger partial charge in [0, 0.05) is 36.3 Å². The average molecular weight is 379 g/mol. The highest BCUT2D eigenvalue weighted by atomic mass is 16.4. The summed E-state index contributed by atoms with van der Waals surface area (Å²) in [5.41, 5.74) is 3.58. The first-order valence-corrected chi connectivity index (χ1v) is 9.26. The number of carboxylic acid groups (broad SMARTS) is 1. The fourth-order valence-corrected chi connectivity index (χ4v) is 3.58. The number of benzene rings is 1. The standard InChI is InChI=1S/C21H21N3O4/c1-3-24-16-10-11-23(12-15(16)19(22-24)21(26)27)20(25)18-9-8-17(28-18)14-6-4-13(2)5-7-14/h4-9H,3,10-12H2,1-2H3,(H,26,27). The third-order valence-electron chi connectivity index (χ3n) is 5.08. The van der Waals surface area contributed by atoms with Gasteiger partial charge in [-0.1, -0.05) is 29.8 Å². The van der Waals surface area contributed by atoms with Gasteiger partial charge < -0.3 is 14.4 Å². The predicted molar refractivity (Wildman–Crippen MR) is 102 cm³/mol. The van der Waals surface area contributed by atoms with Crippen molar-refractivity contribution in [2.24, 2.45) is 0 Å². The molecule has 7 heteroatoms. The highest BCUT2D eigenvalue weighted by Gasteiger charge is 2.31. The molecule has 144 valence electrons. The molecule has 1 amide bonds. The quantitative estimate of drug-likeness (QED) is 0.751. The van der Waals surface area contributed by atoms with Crippen LogP contribution in [0.2, 0.25) is 0 Å². The molecular formula is C21H21N3O4. The molecule has 0 radical (unpaired) electrons. The third-order valence-corrected chi connectivity index (χ3v) is 5.08. The van der Waals surface area contributed by atoms with Gasteiger partial charge in [0.05, 0.1) is 6.54 Å². The van der Waals surface area contributed by atoms with E-state index in [1.54, 1.807) is 21.7 Å². The van der Waals surface area contributed by atoms with Gasteiger partial charge in [0.1, 0.15) is 5.76 Å². The minimum absolute atomic E-state index is 0.0224. The van der Waals surface area contributed by atoms with Gasteiger partial charge in [0.2, 0.25) is 0 Å². The van der Waals surface area contributed by atoms with Crippen molar-refractivity contribution in [1.82, 2.24) is 14.7 Å². The van der Waals surface area contributed by atoms with E-state index in [0.29, 0.717) is 30.8 Å². The van der Waals surface area contributed by atoms with Crippen LogP contribution in [-0.2, 0) is 19.5 Å². The second-order valence-electron chi connectivity index (χ2n) is 6.90. The molecule has 28 heavy (non-hydrogen) atoms. The maximum Gasteiger partial charge on any atom is 0.356 e. The third kappa shape index (κ3) is 3.09. The zero-order valence-corrected chi connectivity index (χ0v) is 15.8. The van der Waals surface area contributed by atoms with Crippen LogP contribution in [0, 0.1) is 6.92 Å². The lowest BCUT2D eigenvalue weighted by molar-refractivity contribution is 0.0666. The number of fused-ring (bicyclic) bond motifs is 1. The predicted octanol–water partition coefficient (Wildman–Crippen LogP) is 3.37. The number of hydrogen-bond acceptors (Lipinski definition) is 4. The van der Waals surface area contributed by atoms with Crippen molar-refractivity contribution in [2.45, 2.75) is 33.4 Å². The Bertz CT molecular complexity index is 1050. The lowest BCUT2D eigenvalue weighted by atomic mass is 10.0. The molecule has 0 spiro atoms. The zero-order chi connectivity index (χ0) is 19.8. The Balaban J connectivity index is 1.58. The molecule has 2 aromatic heterocycles. The molecule has 0 bridgehead atoms. The summed E-state index contributed by atoms with van der Waals surface area (Å²) in [5, 5.41) is 13.6. The fourth-order valence-electron chi connectivity index (χ4n) is 3.58. The second-order valence-corrected chi connectivity index (χ2v) is 6.90. The number of nitrogens with zero attached hydrogens (tertiary/aromatic N) is 3. The number of rotatable bonds is 4. The molecular weight excluding hydrogens is 358 g/mol. The van der Waals surface area contributed by atoms with E-state index < -0.39 is 5.97 Å². The summed E-state index contributed by atoms with van der Waals surface area (Å²) in [5.74, 6) is -0.438. The summed E-state index contributed by atoms with van der Waals surface area (Å²) in [6.45, 7) is 5.25. The smallest absolute Gasteiger partial charge is 0.356 e. The van der Waals surface area contributed by atoms with Crippen molar-refractivity contribution in [1.29, 1.82) is 0 Å². The summed E-state index contributed by atoms with van der Waals surface area (Å²) < 4.78 is 7.50. The number of carboxylic acids is 1. The molecule has 1 N–H and O–H groups in total. The number of aryl methyl sites for hydroxylation is 2. The maximum atomic E-state index is 12.9. The van der Waals surface area contributed by atoms with Gasteiger partial charge in [0.15, 0.2) is 11.5 Å². The molecule has 7 nitrogen and oxygen atoms in total. The monoisotopic (exact) mass is 379 g/mol. The normalized spacial score (nSPS) is 13.4. The van der Waals surface area contributed by atoms with Crippen LogP contribution in [0.25, 0.3) is 11.3 Å². The maximum absolute atomic E-state index is 12.9. The Hall–Kier alpha value is -3.35. The van der Waals surface area contributed by atoms with Gasteiger partial charge in [-0.3, -0.25) is 9.48 Å². The first kappa shape index (κ1) is 18.0. The average Bonchev–Trinajstić information content (AvgIpc) is 3.32. The summed E-state index contributed by atoms with van der Waals surface area (Å²) in [6.07, 6.45) is 0.570. The van der Waals surface area contributed by atoms with Gasteiger partial charge in [-0.25, -0.2) is 4.79 Å². The Morgan fingerprint density at radius 1 is 1.18 bits per heavy atom. The van der Waals surface area contributed by atoms with Crippen molar-refractivity contribution in [2.75, 3.05) is 6.54 Å². The van der Waals surface area contributed by atoms with Crippen molar-refractivity contribution >= 4 is 11.9 Å². The van der Waals surface area contributed by atoms with Crippen LogP contribution in [-0.4, -0.2) is 38.2 Å². The number of carbonyl (C=O) groups is 2.